The lowest BCUT2D eigenvalue weighted by Gasteiger charge is -2.38. The predicted octanol–water partition coefficient (Wildman–Crippen LogP) is 4.03. The molecule has 0 saturated heterocycles. The molecule has 1 aliphatic rings. The van der Waals surface area contributed by atoms with Gasteiger partial charge in [-0.15, -0.1) is 0 Å². The first-order valence-electron chi connectivity index (χ1n) is 8.68. The van der Waals surface area contributed by atoms with E-state index in [4.69, 9.17) is 16.3 Å². The Balaban J connectivity index is 1.83. The van der Waals surface area contributed by atoms with E-state index < -0.39 is 0 Å². The lowest BCUT2D eigenvalue weighted by molar-refractivity contribution is -0.117. The molecule has 0 bridgehead atoms. The molecule has 3 aromatic rings. The molecule has 0 fully saturated rings. The van der Waals surface area contributed by atoms with Crippen molar-refractivity contribution >= 4 is 23.5 Å². The zero-order valence-corrected chi connectivity index (χ0v) is 15.8. The number of halogens is 1. The van der Waals surface area contributed by atoms with Crippen LogP contribution in [0.4, 0.5) is 5.95 Å². The van der Waals surface area contributed by atoms with Crippen molar-refractivity contribution in [3.63, 3.8) is 0 Å². The minimum Gasteiger partial charge on any atom is -0.497 e. The second kappa shape index (κ2) is 7.04. The third kappa shape index (κ3) is 3.06. The van der Waals surface area contributed by atoms with Crippen molar-refractivity contribution in [2.24, 2.45) is 0 Å². The van der Waals surface area contributed by atoms with Gasteiger partial charge in [-0.25, -0.2) is 4.68 Å². The monoisotopic (exact) mass is 382 g/mol. The summed E-state index contributed by atoms with van der Waals surface area (Å²) in [7, 11) is 1.63. The van der Waals surface area contributed by atoms with Gasteiger partial charge >= 0.3 is 0 Å². The van der Waals surface area contributed by atoms with Gasteiger partial charge in [0.15, 0.2) is 0 Å². The summed E-state index contributed by atoms with van der Waals surface area (Å²) in [5.74, 6) is 1.22. The van der Waals surface area contributed by atoms with E-state index in [2.05, 4.69) is 10.1 Å². The Bertz CT molecular complexity index is 970. The summed E-state index contributed by atoms with van der Waals surface area (Å²) in [6, 6.07) is 15.2. The third-order valence-corrected chi connectivity index (χ3v) is 5.27. The summed E-state index contributed by atoms with van der Waals surface area (Å²) < 4.78 is 7.04. The van der Waals surface area contributed by atoms with Crippen LogP contribution in [0.2, 0.25) is 5.02 Å². The fourth-order valence-corrected chi connectivity index (χ4v) is 3.93. The van der Waals surface area contributed by atoms with Gasteiger partial charge in [-0.3, -0.25) is 9.69 Å². The van der Waals surface area contributed by atoms with E-state index in [0.29, 0.717) is 17.4 Å². The highest BCUT2D eigenvalue weighted by molar-refractivity contribution is 6.31. The Hall–Kier alpha value is -2.86. The number of aromatic nitrogens is 3. The highest BCUT2D eigenvalue weighted by Gasteiger charge is 2.38. The number of carbonyl (C=O) groups is 1. The molecule has 0 saturated carbocycles. The smallest absolute Gasteiger partial charge is 0.231 e. The number of nitrogens with zero attached hydrogens (tertiary/aromatic N) is 4. The molecule has 2 atom stereocenters. The first-order chi connectivity index (χ1) is 13.1. The van der Waals surface area contributed by atoms with Gasteiger partial charge in [0.25, 0.3) is 0 Å². The Kier molecular flexibility index (Phi) is 4.58. The van der Waals surface area contributed by atoms with E-state index in [1.54, 1.807) is 23.6 Å². The molecular weight excluding hydrogens is 364 g/mol. The van der Waals surface area contributed by atoms with Crippen LogP contribution in [0.3, 0.4) is 0 Å². The van der Waals surface area contributed by atoms with Crippen LogP contribution in [0.15, 0.2) is 54.9 Å². The number of anilines is 1. The van der Waals surface area contributed by atoms with Gasteiger partial charge < -0.3 is 4.74 Å². The maximum absolute atomic E-state index is 12.5. The standard InChI is InChI=1S/C20H19ClN4O2/c1-13(26)24-18(14-7-9-15(27-2)10-8-14)11-19(25-20(24)22-12-23-25)16-5-3-4-6-17(16)21/h3-10,12,18-19H,11H2,1-2H3/t18-,19+/m0/s1. The molecule has 27 heavy (non-hydrogen) atoms. The van der Waals surface area contributed by atoms with Gasteiger partial charge in [0.2, 0.25) is 11.9 Å². The molecule has 0 aliphatic carbocycles. The van der Waals surface area contributed by atoms with Crippen LogP contribution in [0.1, 0.15) is 36.6 Å². The van der Waals surface area contributed by atoms with Crippen molar-refractivity contribution in [2.75, 3.05) is 12.0 Å². The van der Waals surface area contributed by atoms with Gasteiger partial charge in [0, 0.05) is 11.9 Å². The molecule has 0 unspecified atom stereocenters. The number of rotatable bonds is 3. The van der Waals surface area contributed by atoms with Crippen molar-refractivity contribution in [3.8, 4) is 5.75 Å². The molecule has 6 nitrogen and oxygen atoms in total. The lowest BCUT2D eigenvalue weighted by Crippen LogP contribution is -2.41. The van der Waals surface area contributed by atoms with Crippen LogP contribution >= 0.6 is 11.6 Å². The molecule has 2 aromatic carbocycles. The quantitative estimate of drug-likeness (QED) is 0.686. The van der Waals surface area contributed by atoms with Crippen molar-refractivity contribution in [2.45, 2.75) is 25.4 Å². The maximum atomic E-state index is 12.5. The number of hydrogen-bond acceptors (Lipinski definition) is 4. The third-order valence-electron chi connectivity index (χ3n) is 4.93. The second-order valence-electron chi connectivity index (χ2n) is 6.46. The lowest BCUT2D eigenvalue weighted by atomic mass is 9.92. The van der Waals surface area contributed by atoms with E-state index in [-0.39, 0.29) is 18.0 Å². The Labute approximate surface area is 162 Å². The van der Waals surface area contributed by atoms with Crippen molar-refractivity contribution in [3.05, 3.63) is 71.0 Å². The zero-order valence-electron chi connectivity index (χ0n) is 15.0. The molecule has 2 heterocycles. The molecule has 1 aliphatic heterocycles. The Morgan fingerprint density at radius 2 is 1.89 bits per heavy atom. The molecule has 0 radical (unpaired) electrons. The van der Waals surface area contributed by atoms with E-state index in [1.807, 2.05) is 48.5 Å². The van der Waals surface area contributed by atoms with Crippen LogP contribution in [0.5, 0.6) is 5.75 Å². The molecular formula is C20H19ClN4O2. The molecule has 0 N–H and O–H groups in total. The molecule has 4 rings (SSSR count). The largest absolute Gasteiger partial charge is 0.497 e. The van der Waals surface area contributed by atoms with Crippen LogP contribution in [0.25, 0.3) is 0 Å². The fraction of sp³-hybridized carbons (Fsp3) is 0.250. The second-order valence-corrected chi connectivity index (χ2v) is 6.86. The topological polar surface area (TPSA) is 60.2 Å². The minimum absolute atomic E-state index is 0.0809. The van der Waals surface area contributed by atoms with Crippen molar-refractivity contribution in [1.82, 2.24) is 14.8 Å². The first-order valence-corrected chi connectivity index (χ1v) is 9.05. The predicted molar refractivity (Wildman–Crippen MR) is 103 cm³/mol. The normalized spacial score (nSPS) is 18.9. The van der Waals surface area contributed by atoms with E-state index in [9.17, 15) is 4.79 Å². The van der Waals surface area contributed by atoms with Crippen LogP contribution < -0.4 is 9.64 Å². The summed E-state index contributed by atoms with van der Waals surface area (Å²) in [6.07, 6.45) is 2.12. The number of ether oxygens (including phenoxy) is 1. The van der Waals surface area contributed by atoms with Gasteiger partial charge in [-0.2, -0.15) is 10.1 Å². The molecule has 7 heteroatoms. The summed E-state index contributed by atoms with van der Waals surface area (Å²) in [4.78, 5) is 18.5. The van der Waals surface area contributed by atoms with Crippen LogP contribution in [-0.2, 0) is 4.79 Å². The zero-order chi connectivity index (χ0) is 19.0. The number of amides is 1. The Morgan fingerprint density at radius 1 is 1.15 bits per heavy atom. The van der Waals surface area contributed by atoms with Crippen LogP contribution in [0, 0.1) is 0 Å². The summed E-state index contributed by atoms with van der Waals surface area (Å²) in [5.41, 5.74) is 1.98. The molecule has 0 spiro atoms. The highest BCUT2D eigenvalue weighted by atomic mass is 35.5. The van der Waals surface area contributed by atoms with Crippen molar-refractivity contribution < 1.29 is 9.53 Å². The maximum Gasteiger partial charge on any atom is 0.231 e. The van der Waals surface area contributed by atoms with E-state index in [0.717, 1.165) is 16.9 Å². The summed E-state index contributed by atoms with van der Waals surface area (Å²) >= 11 is 6.46. The summed E-state index contributed by atoms with van der Waals surface area (Å²) in [6.45, 7) is 1.55. The molecule has 1 aromatic heterocycles. The van der Waals surface area contributed by atoms with Crippen LogP contribution in [-0.4, -0.2) is 27.8 Å². The van der Waals surface area contributed by atoms with E-state index >= 15 is 0 Å². The number of fused-ring (bicyclic) bond motifs is 1. The average molecular weight is 383 g/mol. The van der Waals surface area contributed by atoms with Crippen molar-refractivity contribution in [1.29, 1.82) is 0 Å². The number of methoxy groups -OCH3 is 1. The highest BCUT2D eigenvalue weighted by Crippen LogP contribution is 2.43. The molecule has 138 valence electrons. The number of benzene rings is 2. The average Bonchev–Trinajstić information content (AvgIpc) is 3.16. The summed E-state index contributed by atoms with van der Waals surface area (Å²) in [5, 5.41) is 5.05. The fourth-order valence-electron chi connectivity index (χ4n) is 3.67. The van der Waals surface area contributed by atoms with Gasteiger partial charge in [-0.1, -0.05) is 41.9 Å². The SMILES string of the molecule is COc1ccc([C@@H]2C[C@H](c3ccccc3Cl)n3ncnc3N2C(C)=O)cc1. The van der Waals surface area contributed by atoms with Gasteiger partial charge in [0.05, 0.1) is 19.2 Å². The number of carbonyl (C=O) groups excluding carboxylic acids is 1. The van der Waals surface area contributed by atoms with Gasteiger partial charge in [-0.05, 0) is 35.7 Å². The minimum atomic E-state index is -0.175. The molecule has 1 amide bonds. The van der Waals surface area contributed by atoms with E-state index in [1.165, 1.54) is 6.33 Å². The first kappa shape index (κ1) is 17.5. The Morgan fingerprint density at radius 3 is 2.56 bits per heavy atom. The number of hydrogen-bond donors (Lipinski definition) is 0. The van der Waals surface area contributed by atoms with Gasteiger partial charge in [0.1, 0.15) is 12.1 Å².